The highest BCUT2D eigenvalue weighted by atomic mass is 127. The lowest BCUT2D eigenvalue weighted by molar-refractivity contribution is 0.0695. The molecule has 1 N–H and O–H groups in total. The standard InChI is InChI=1S/C15H13IO3/c1-10-13(15(17)18)3-2-4-14(10)19-9-11-5-7-12(16)8-6-11/h2-8H,9H2,1H3,(H,17,18). The molecule has 4 heteroatoms. The van der Waals surface area contributed by atoms with E-state index in [2.05, 4.69) is 22.6 Å². The summed E-state index contributed by atoms with van der Waals surface area (Å²) in [5.41, 5.74) is 1.99. The summed E-state index contributed by atoms with van der Waals surface area (Å²) < 4.78 is 6.86. The molecule has 0 fully saturated rings. The van der Waals surface area contributed by atoms with E-state index >= 15 is 0 Å². The molecular weight excluding hydrogens is 355 g/mol. The normalized spacial score (nSPS) is 10.2. The number of aromatic carboxylic acids is 1. The van der Waals surface area contributed by atoms with Gasteiger partial charge >= 0.3 is 5.97 Å². The van der Waals surface area contributed by atoms with Gasteiger partial charge in [0.25, 0.3) is 0 Å². The van der Waals surface area contributed by atoms with Gasteiger partial charge in [-0.2, -0.15) is 0 Å². The van der Waals surface area contributed by atoms with E-state index in [0.717, 1.165) is 5.56 Å². The second kappa shape index (κ2) is 6.06. The molecule has 0 aliphatic rings. The zero-order chi connectivity index (χ0) is 13.8. The number of carbonyl (C=O) groups is 1. The predicted octanol–water partition coefficient (Wildman–Crippen LogP) is 3.88. The quantitative estimate of drug-likeness (QED) is 0.834. The fraction of sp³-hybridized carbons (Fsp3) is 0.133. The lowest BCUT2D eigenvalue weighted by Gasteiger charge is -2.11. The van der Waals surface area contributed by atoms with Crippen LogP contribution in [0.1, 0.15) is 21.5 Å². The van der Waals surface area contributed by atoms with E-state index in [1.165, 1.54) is 3.57 Å². The first kappa shape index (κ1) is 13.9. The molecule has 0 bridgehead atoms. The molecule has 3 nitrogen and oxygen atoms in total. The van der Waals surface area contributed by atoms with Crippen LogP contribution in [0.2, 0.25) is 0 Å². The van der Waals surface area contributed by atoms with Gasteiger partial charge < -0.3 is 9.84 Å². The van der Waals surface area contributed by atoms with E-state index in [1.807, 2.05) is 24.3 Å². The number of halogens is 1. The first-order chi connectivity index (χ1) is 9.08. The monoisotopic (exact) mass is 368 g/mol. The number of carboxylic acid groups (broad SMARTS) is 1. The number of hydrogen-bond acceptors (Lipinski definition) is 2. The van der Waals surface area contributed by atoms with Crippen molar-refractivity contribution in [2.45, 2.75) is 13.5 Å². The summed E-state index contributed by atoms with van der Waals surface area (Å²) in [7, 11) is 0. The van der Waals surface area contributed by atoms with Crippen LogP contribution >= 0.6 is 22.6 Å². The summed E-state index contributed by atoms with van der Waals surface area (Å²) in [6.45, 7) is 2.19. The van der Waals surface area contributed by atoms with Gasteiger partial charge in [0.15, 0.2) is 0 Å². The molecule has 0 heterocycles. The molecule has 2 aromatic rings. The van der Waals surface area contributed by atoms with Gasteiger partial charge in [-0.1, -0.05) is 18.2 Å². The second-order valence-electron chi connectivity index (χ2n) is 4.15. The molecule has 0 saturated carbocycles. The molecule has 0 saturated heterocycles. The molecule has 0 atom stereocenters. The second-order valence-corrected chi connectivity index (χ2v) is 5.39. The minimum absolute atomic E-state index is 0.278. The Morgan fingerprint density at radius 2 is 1.89 bits per heavy atom. The minimum atomic E-state index is -0.933. The highest BCUT2D eigenvalue weighted by Gasteiger charge is 2.10. The molecule has 0 spiro atoms. The van der Waals surface area contributed by atoms with E-state index < -0.39 is 5.97 Å². The third-order valence-corrected chi connectivity index (χ3v) is 3.54. The molecule has 0 amide bonds. The Bertz CT molecular complexity index is 591. The maximum absolute atomic E-state index is 11.0. The van der Waals surface area contributed by atoms with E-state index in [0.29, 0.717) is 17.9 Å². The zero-order valence-electron chi connectivity index (χ0n) is 10.4. The zero-order valence-corrected chi connectivity index (χ0v) is 12.5. The topological polar surface area (TPSA) is 46.5 Å². The Morgan fingerprint density at radius 1 is 1.21 bits per heavy atom. The average molecular weight is 368 g/mol. The Hall–Kier alpha value is -1.56. The van der Waals surface area contributed by atoms with Gasteiger partial charge in [0.2, 0.25) is 0 Å². The van der Waals surface area contributed by atoms with Crippen molar-refractivity contribution in [3.8, 4) is 5.75 Å². The van der Waals surface area contributed by atoms with Gasteiger partial charge in [0.1, 0.15) is 12.4 Å². The molecule has 0 aromatic heterocycles. The van der Waals surface area contributed by atoms with Crippen molar-refractivity contribution in [1.82, 2.24) is 0 Å². The van der Waals surface area contributed by atoms with Crippen molar-refractivity contribution in [2.24, 2.45) is 0 Å². The average Bonchev–Trinajstić information content (AvgIpc) is 2.39. The number of carboxylic acids is 1. The minimum Gasteiger partial charge on any atom is -0.489 e. The largest absolute Gasteiger partial charge is 0.489 e. The highest BCUT2D eigenvalue weighted by Crippen LogP contribution is 2.22. The van der Waals surface area contributed by atoms with Crippen molar-refractivity contribution < 1.29 is 14.6 Å². The Balaban J connectivity index is 2.13. The van der Waals surface area contributed by atoms with E-state index in [9.17, 15) is 4.79 Å². The smallest absolute Gasteiger partial charge is 0.336 e. The number of benzene rings is 2. The summed E-state index contributed by atoms with van der Waals surface area (Å²) in [5.74, 6) is -0.323. The SMILES string of the molecule is Cc1c(OCc2ccc(I)cc2)cccc1C(=O)O. The van der Waals surface area contributed by atoms with E-state index in [1.54, 1.807) is 25.1 Å². The predicted molar refractivity (Wildman–Crippen MR) is 81.6 cm³/mol. The third kappa shape index (κ3) is 3.47. The van der Waals surface area contributed by atoms with E-state index in [-0.39, 0.29) is 5.56 Å². The van der Waals surface area contributed by atoms with Crippen molar-refractivity contribution >= 4 is 28.6 Å². The number of ether oxygens (including phenoxy) is 1. The first-order valence-electron chi connectivity index (χ1n) is 5.78. The fourth-order valence-corrected chi connectivity index (χ4v) is 2.10. The third-order valence-electron chi connectivity index (χ3n) is 2.82. The van der Waals surface area contributed by atoms with E-state index in [4.69, 9.17) is 9.84 Å². The van der Waals surface area contributed by atoms with Crippen LogP contribution in [-0.4, -0.2) is 11.1 Å². The Morgan fingerprint density at radius 3 is 2.53 bits per heavy atom. The highest BCUT2D eigenvalue weighted by molar-refractivity contribution is 14.1. The number of hydrogen-bond donors (Lipinski definition) is 1. The van der Waals surface area contributed by atoms with Gasteiger partial charge in [-0.25, -0.2) is 4.79 Å². The van der Waals surface area contributed by atoms with Gasteiger partial charge in [0.05, 0.1) is 5.56 Å². The lowest BCUT2D eigenvalue weighted by Crippen LogP contribution is -2.03. The van der Waals surface area contributed by atoms with Crippen molar-refractivity contribution in [2.75, 3.05) is 0 Å². The molecule has 2 rings (SSSR count). The molecule has 0 unspecified atom stereocenters. The summed E-state index contributed by atoms with van der Waals surface area (Å²) in [6.07, 6.45) is 0. The molecule has 98 valence electrons. The van der Waals surface area contributed by atoms with Crippen molar-refractivity contribution in [3.05, 3.63) is 62.7 Å². The molecule has 0 aliphatic heterocycles. The summed E-state index contributed by atoms with van der Waals surface area (Å²) in [6, 6.07) is 13.1. The van der Waals surface area contributed by atoms with Gasteiger partial charge in [-0.3, -0.25) is 0 Å². The number of rotatable bonds is 4. The van der Waals surface area contributed by atoms with Crippen LogP contribution in [0.5, 0.6) is 5.75 Å². The summed E-state index contributed by atoms with van der Waals surface area (Å²) in [5, 5.41) is 9.05. The van der Waals surface area contributed by atoms with Gasteiger partial charge in [-0.15, -0.1) is 0 Å². The van der Waals surface area contributed by atoms with Gasteiger partial charge in [0, 0.05) is 9.13 Å². The van der Waals surface area contributed by atoms with Gasteiger partial charge in [-0.05, 0) is 59.3 Å². The molecule has 19 heavy (non-hydrogen) atoms. The van der Waals surface area contributed by atoms with Crippen LogP contribution in [0.25, 0.3) is 0 Å². The maximum atomic E-state index is 11.0. The molecule has 0 radical (unpaired) electrons. The molecule has 0 aliphatic carbocycles. The molecular formula is C15H13IO3. The Labute approximate surface area is 125 Å². The van der Waals surface area contributed by atoms with Crippen LogP contribution in [-0.2, 0) is 6.61 Å². The van der Waals surface area contributed by atoms with Crippen LogP contribution in [0, 0.1) is 10.5 Å². The van der Waals surface area contributed by atoms with Crippen LogP contribution in [0.4, 0.5) is 0 Å². The fourth-order valence-electron chi connectivity index (χ4n) is 1.74. The summed E-state index contributed by atoms with van der Waals surface area (Å²) in [4.78, 5) is 11.0. The molecule has 2 aromatic carbocycles. The Kier molecular flexibility index (Phi) is 4.42. The first-order valence-corrected chi connectivity index (χ1v) is 6.86. The van der Waals surface area contributed by atoms with Crippen molar-refractivity contribution in [1.29, 1.82) is 0 Å². The van der Waals surface area contributed by atoms with Crippen LogP contribution < -0.4 is 4.74 Å². The van der Waals surface area contributed by atoms with Crippen LogP contribution in [0.15, 0.2) is 42.5 Å². The lowest BCUT2D eigenvalue weighted by atomic mass is 10.1. The van der Waals surface area contributed by atoms with Crippen molar-refractivity contribution in [3.63, 3.8) is 0 Å². The summed E-state index contributed by atoms with van der Waals surface area (Å²) >= 11 is 2.25. The maximum Gasteiger partial charge on any atom is 0.336 e. The van der Waals surface area contributed by atoms with Crippen LogP contribution in [0.3, 0.4) is 0 Å².